The van der Waals surface area contributed by atoms with Crippen molar-refractivity contribution in [1.29, 1.82) is 5.26 Å². The lowest BCUT2D eigenvalue weighted by Gasteiger charge is -2.28. The number of fused-ring (bicyclic) bond motifs is 1. The van der Waals surface area contributed by atoms with Gasteiger partial charge in [0.25, 0.3) is 0 Å². The number of aromatic nitrogens is 1. The first-order valence-electron chi connectivity index (χ1n) is 10.9. The lowest BCUT2D eigenvalue weighted by molar-refractivity contribution is 0.391. The Bertz CT molecular complexity index is 1460. The predicted octanol–water partition coefficient (Wildman–Crippen LogP) is 4.57. The van der Waals surface area contributed by atoms with E-state index in [2.05, 4.69) is 10.3 Å². The highest BCUT2D eigenvalue weighted by atomic mass is 32.2. The number of benzene rings is 3. The second-order valence-corrected chi connectivity index (χ2v) is 9.97. The van der Waals surface area contributed by atoms with Gasteiger partial charge < -0.3 is 9.73 Å². The molecule has 0 amide bonds. The third kappa shape index (κ3) is 4.31. The van der Waals surface area contributed by atoms with E-state index in [1.165, 1.54) is 9.87 Å². The van der Waals surface area contributed by atoms with E-state index < -0.39 is 10.0 Å². The van der Waals surface area contributed by atoms with Crippen molar-refractivity contribution >= 4 is 15.9 Å². The third-order valence-corrected chi connectivity index (χ3v) is 7.72. The molecule has 0 saturated heterocycles. The van der Waals surface area contributed by atoms with Crippen LogP contribution in [0.2, 0.25) is 0 Å². The molecular formula is C26H22N4O3S. The Morgan fingerprint density at radius 2 is 1.68 bits per heavy atom. The summed E-state index contributed by atoms with van der Waals surface area (Å²) in [6, 6.07) is 26.1. The molecule has 0 saturated carbocycles. The summed E-state index contributed by atoms with van der Waals surface area (Å²) >= 11 is 0. The largest absolute Gasteiger partial charge is 0.419 e. The van der Waals surface area contributed by atoms with E-state index in [1.54, 1.807) is 24.3 Å². The van der Waals surface area contributed by atoms with Gasteiger partial charge in [-0.25, -0.2) is 8.42 Å². The number of rotatable bonds is 6. The van der Waals surface area contributed by atoms with E-state index in [1.807, 2.05) is 60.7 Å². The van der Waals surface area contributed by atoms with Crippen molar-refractivity contribution < 1.29 is 12.8 Å². The highest BCUT2D eigenvalue weighted by Crippen LogP contribution is 2.29. The van der Waals surface area contributed by atoms with Crippen molar-refractivity contribution in [2.45, 2.75) is 24.4 Å². The zero-order chi connectivity index (χ0) is 23.5. The molecule has 0 fully saturated rings. The molecule has 0 atom stereocenters. The summed E-state index contributed by atoms with van der Waals surface area (Å²) in [6.07, 6.45) is 0.694. The standard InChI is InChI=1S/C26H22N4O3S/c27-16-24-26(28-17-19-6-2-1-3-7-19)33-25(29-24)21-10-12-23(13-11-21)34(31,32)30-15-14-20-8-4-5-9-22(20)18-30/h1-13,28H,14-15,17-18H2. The summed E-state index contributed by atoms with van der Waals surface area (Å²) < 4.78 is 33.7. The highest BCUT2D eigenvalue weighted by Gasteiger charge is 2.28. The summed E-state index contributed by atoms with van der Waals surface area (Å²) in [4.78, 5) is 4.48. The lowest BCUT2D eigenvalue weighted by atomic mass is 10.0. The molecule has 3 aromatic carbocycles. The molecule has 7 nitrogen and oxygen atoms in total. The minimum absolute atomic E-state index is 0.148. The van der Waals surface area contributed by atoms with E-state index in [0.717, 1.165) is 11.1 Å². The fourth-order valence-electron chi connectivity index (χ4n) is 4.01. The highest BCUT2D eigenvalue weighted by molar-refractivity contribution is 7.89. The third-order valence-electron chi connectivity index (χ3n) is 5.86. The molecule has 0 bridgehead atoms. The van der Waals surface area contributed by atoms with E-state index in [9.17, 15) is 13.7 Å². The normalized spacial score (nSPS) is 13.7. The molecule has 4 aromatic rings. The Hall–Kier alpha value is -3.93. The van der Waals surface area contributed by atoms with E-state index in [0.29, 0.717) is 31.6 Å². The minimum Gasteiger partial charge on any atom is -0.419 e. The number of nitrogens with zero attached hydrogens (tertiary/aromatic N) is 3. The number of anilines is 1. The number of oxazole rings is 1. The van der Waals surface area contributed by atoms with Crippen LogP contribution >= 0.6 is 0 Å². The van der Waals surface area contributed by atoms with Gasteiger partial charge in [0.1, 0.15) is 6.07 Å². The number of hydrogen-bond acceptors (Lipinski definition) is 6. The molecule has 5 rings (SSSR count). The molecule has 0 aliphatic carbocycles. The van der Waals surface area contributed by atoms with Crippen molar-refractivity contribution in [3.05, 3.63) is 101 Å². The Morgan fingerprint density at radius 3 is 2.41 bits per heavy atom. The van der Waals surface area contributed by atoms with Crippen molar-refractivity contribution in [3.63, 3.8) is 0 Å². The first kappa shape index (κ1) is 21.9. The summed E-state index contributed by atoms with van der Waals surface area (Å²) in [7, 11) is -3.63. The van der Waals surface area contributed by atoms with Crippen molar-refractivity contribution in [2.75, 3.05) is 11.9 Å². The molecule has 170 valence electrons. The van der Waals surface area contributed by atoms with Crippen molar-refractivity contribution in [2.24, 2.45) is 0 Å². The minimum atomic E-state index is -3.63. The lowest BCUT2D eigenvalue weighted by Crippen LogP contribution is -2.35. The van der Waals surface area contributed by atoms with E-state index >= 15 is 0 Å². The molecule has 2 heterocycles. The van der Waals surface area contributed by atoms with Crippen molar-refractivity contribution in [3.8, 4) is 17.5 Å². The van der Waals surface area contributed by atoms with Crippen LogP contribution in [0.3, 0.4) is 0 Å². The van der Waals surface area contributed by atoms with Gasteiger partial charge in [-0.2, -0.15) is 14.6 Å². The second-order valence-electron chi connectivity index (χ2n) is 8.03. The molecule has 1 aliphatic rings. The summed E-state index contributed by atoms with van der Waals surface area (Å²) in [5, 5.41) is 12.5. The molecular weight excluding hydrogens is 448 g/mol. The number of hydrogen-bond donors (Lipinski definition) is 1. The Morgan fingerprint density at radius 1 is 0.971 bits per heavy atom. The molecule has 0 radical (unpaired) electrons. The summed E-state index contributed by atoms with van der Waals surface area (Å²) in [5.41, 5.74) is 4.01. The number of sulfonamides is 1. The van der Waals surface area contributed by atoms with Crippen LogP contribution in [-0.2, 0) is 29.5 Å². The number of nitrogens with one attached hydrogen (secondary N) is 1. The number of nitriles is 1. The van der Waals surface area contributed by atoms with Gasteiger partial charge >= 0.3 is 0 Å². The molecule has 0 spiro atoms. The monoisotopic (exact) mass is 470 g/mol. The van der Waals surface area contributed by atoms with Crippen LogP contribution in [0.5, 0.6) is 0 Å². The maximum absolute atomic E-state index is 13.2. The summed E-state index contributed by atoms with van der Waals surface area (Å²) in [5.74, 6) is 0.535. The second kappa shape index (κ2) is 9.14. The maximum Gasteiger partial charge on any atom is 0.243 e. The molecule has 1 aliphatic heterocycles. The van der Waals surface area contributed by atoms with Crippen LogP contribution in [0.25, 0.3) is 11.5 Å². The van der Waals surface area contributed by atoms with Crippen LogP contribution in [0, 0.1) is 11.3 Å². The first-order chi connectivity index (χ1) is 16.5. The van der Waals surface area contributed by atoms with Crippen LogP contribution in [-0.4, -0.2) is 24.3 Å². The average Bonchev–Trinajstić information content (AvgIpc) is 3.31. The fraction of sp³-hybridized carbons (Fsp3) is 0.154. The summed E-state index contributed by atoms with van der Waals surface area (Å²) in [6.45, 7) is 1.30. The Balaban J connectivity index is 1.34. The van der Waals surface area contributed by atoms with Gasteiger partial charge in [-0.05, 0) is 47.4 Å². The smallest absolute Gasteiger partial charge is 0.243 e. The van der Waals surface area contributed by atoms with Gasteiger partial charge in [-0.1, -0.05) is 54.6 Å². The quantitative estimate of drug-likeness (QED) is 0.443. The Labute approximate surface area is 198 Å². The zero-order valence-corrected chi connectivity index (χ0v) is 19.1. The van der Waals surface area contributed by atoms with Crippen LogP contribution in [0.4, 0.5) is 5.88 Å². The SMILES string of the molecule is N#Cc1nc(-c2ccc(S(=O)(=O)N3CCc4ccccc4C3)cc2)oc1NCc1ccccc1. The fourth-order valence-corrected chi connectivity index (χ4v) is 5.43. The van der Waals surface area contributed by atoms with E-state index in [-0.39, 0.29) is 22.4 Å². The van der Waals surface area contributed by atoms with E-state index in [4.69, 9.17) is 4.42 Å². The molecule has 1 aromatic heterocycles. The van der Waals surface area contributed by atoms with Crippen LogP contribution in [0.15, 0.2) is 88.2 Å². The predicted molar refractivity (Wildman–Crippen MR) is 128 cm³/mol. The molecule has 8 heteroatoms. The molecule has 1 N–H and O–H groups in total. The first-order valence-corrected chi connectivity index (χ1v) is 12.3. The molecule has 0 unspecified atom stereocenters. The van der Waals surface area contributed by atoms with Crippen molar-refractivity contribution in [1.82, 2.24) is 9.29 Å². The van der Waals surface area contributed by atoms with Gasteiger partial charge in [0.15, 0.2) is 0 Å². The molecule has 34 heavy (non-hydrogen) atoms. The van der Waals surface area contributed by atoms with Gasteiger partial charge in [-0.15, -0.1) is 0 Å². The zero-order valence-electron chi connectivity index (χ0n) is 18.3. The van der Waals surface area contributed by atoms with Crippen LogP contribution < -0.4 is 5.32 Å². The maximum atomic E-state index is 13.2. The van der Waals surface area contributed by atoms with Gasteiger partial charge in [-0.3, -0.25) is 0 Å². The van der Waals surface area contributed by atoms with Gasteiger partial charge in [0, 0.05) is 25.2 Å². The topological polar surface area (TPSA) is 99.2 Å². The Kier molecular flexibility index (Phi) is 5.88. The van der Waals surface area contributed by atoms with Crippen LogP contribution in [0.1, 0.15) is 22.4 Å². The van der Waals surface area contributed by atoms with Gasteiger partial charge in [0.2, 0.25) is 27.5 Å². The average molecular weight is 471 g/mol. The van der Waals surface area contributed by atoms with Gasteiger partial charge in [0.05, 0.1) is 4.90 Å².